The Balaban J connectivity index is 1.20. The molecule has 2 aromatic rings. The van der Waals surface area contributed by atoms with Crippen LogP contribution in [0.3, 0.4) is 0 Å². The summed E-state index contributed by atoms with van der Waals surface area (Å²) in [6.45, 7) is 2.23. The Morgan fingerprint density at radius 2 is 1.82 bits per heavy atom. The van der Waals surface area contributed by atoms with Gasteiger partial charge in [-0.15, -0.1) is 5.10 Å². The van der Waals surface area contributed by atoms with Crippen molar-refractivity contribution in [1.29, 1.82) is 0 Å². The van der Waals surface area contributed by atoms with Gasteiger partial charge in [-0.2, -0.15) is 4.68 Å². The van der Waals surface area contributed by atoms with E-state index in [9.17, 15) is 4.79 Å². The van der Waals surface area contributed by atoms with Gasteiger partial charge in [-0.05, 0) is 91.2 Å². The van der Waals surface area contributed by atoms with Crippen molar-refractivity contribution < 1.29 is 4.79 Å². The Morgan fingerprint density at radius 1 is 1.18 bits per heavy atom. The summed E-state index contributed by atoms with van der Waals surface area (Å²) in [6.07, 6.45) is 8.20. The molecule has 1 N–H and O–H groups in total. The fourth-order valence-electron chi connectivity index (χ4n) is 6.27. The van der Waals surface area contributed by atoms with Crippen LogP contribution in [0.4, 0.5) is 0 Å². The molecule has 1 atom stereocenters. The zero-order valence-electron chi connectivity index (χ0n) is 16.3. The third-order valence-electron chi connectivity index (χ3n) is 7.16. The smallest absolute Gasteiger partial charge is 0.230 e. The van der Waals surface area contributed by atoms with Crippen molar-refractivity contribution in [3.8, 4) is 5.69 Å². The number of nitrogens with one attached hydrogen (secondary N) is 1. The molecular weight excluding hydrogens is 370 g/mol. The fourth-order valence-corrected chi connectivity index (χ4v) is 6.98. The second-order valence-electron chi connectivity index (χ2n) is 9.07. The highest BCUT2D eigenvalue weighted by molar-refractivity contribution is 7.99. The summed E-state index contributed by atoms with van der Waals surface area (Å²) in [5, 5.41) is 15.9. The van der Waals surface area contributed by atoms with Crippen LogP contribution < -0.4 is 5.32 Å². The van der Waals surface area contributed by atoms with Crippen LogP contribution in [0.2, 0.25) is 0 Å². The highest BCUT2D eigenvalue weighted by atomic mass is 32.2. The van der Waals surface area contributed by atoms with Gasteiger partial charge < -0.3 is 5.32 Å². The van der Waals surface area contributed by atoms with E-state index in [1.165, 1.54) is 50.3 Å². The van der Waals surface area contributed by atoms with Crippen LogP contribution in [0, 0.1) is 23.2 Å². The molecule has 1 amide bonds. The second-order valence-corrected chi connectivity index (χ2v) is 10.0. The molecule has 4 bridgehead atoms. The maximum absolute atomic E-state index is 12.7. The summed E-state index contributed by atoms with van der Waals surface area (Å²) in [4.78, 5) is 12.7. The minimum Gasteiger partial charge on any atom is -0.352 e. The van der Waals surface area contributed by atoms with Gasteiger partial charge >= 0.3 is 0 Å². The Kier molecular flexibility index (Phi) is 4.65. The van der Waals surface area contributed by atoms with Gasteiger partial charge in [0.1, 0.15) is 0 Å². The number of nitrogens with zero attached hydrogens (tertiary/aromatic N) is 4. The molecule has 6 rings (SSSR count). The third kappa shape index (κ3) is 3.34. The van der Waals surface area contributed by atoms with Gasteiger partial charge in [-0.25, -0.2) is 0 Å². The van der Waals surface area contributed by atoms with Gasteiger partial charge in [0, 0.05) is 6.04 Å². The van der Waals surface area contributed by atoms with E-state index in [1.54, 1.807) is 4.68 Å². The van der Waals surface area contributed by atoms with Crippen LogP contribution in [0.25, 0.3) is 5.69 Å². The number of carbonyl (C=O) groups is 1. The molecule has 0 spiro atoms. The van der Waals surface area contributed by atoms with Crippen LogP contribution >= 0.6 is 11.8 Å². The molecule has 0 saturated heterocycles. The molecule has 7 heteroatoms. The van der Waals surface area contributed by atoms with Gasteiger partial charge in [-0.3, -0.25) is 4.79 Å². The standard InChI is InChI=1S/C21H27N5OS/c1-14(21-10-15-7-16(11-21)9-17(8-15)12-21)22-19(27)13-28-20-23-24-25-26(20)18-5-3-2-4-6-18/h2-6,14-17H,7-13H2,1H3,(H,22,27)/t14-,15?,16?,17?,21?/m0/s1. The molecule has 6 nitrogen and oxygen atoms in total. The van der Waals surface area contributed by atoms with Gasteiger partial charge in [0.15, 0.2) is 0 Å². The largest absolute Gasteiger partial charge is 0.352 e. The molecule has 0 aliphatic heterocycles. The summed E-state index contributed by atoms with van der Waals surface area (Å²) in [5.41, 5.74) is 1.23. The first-order chi connectivity index (χ1) is 13.6. The number of amides is 1. The highest BCUT2D eigenvalue weighted by Crippen LogP contribution is 2.61. The number of aromatic nitrogens is 4. The van der Waals surface area contributed by atoms with Crippen molar-refractivity contribution in [1.82, 2.24) is 25.5 Å². The van der Waals surface area contributed by atoms with Crippen molar-refractivity contribution in [3.05, 3.63) is 30.3 Å². The van der Waals surface area contributed by atoms with E-state index < -0.39 is 0 Å². The van der Waals surface area contributed by atoms with Crippen LogP contribution in [-0.2, 0) is 4.79 Å². The van der Waals surface area contributed by atoms with Crippen molar-refractivity contribution in [2.75, 3.05) is 5.75 Å². The minimum atomic E-state index is 0.0795. The van der Waals surface area contributed by atoms with Gasteiger partial charge in [0.2, 0.25) is 11.1 Å². The average molecular weight is 398 g/mol. The molecule has 0 radical (unpaired) electrons. The number of hydrogen-bond acceptors (Lipinski definition) is 5. The molecule has 1 aromatic heterocycles. The average Bonchev–Trinajstić information content (AvgIpc) is 3.14. The summed E-state index contributed by atoms with van der Waals surface area (Å²) < 4.78 is 1.68. The highest BCUT2D eigenvalue weighted by Gasteiger charge is 2.53. The summed E-state index contributed by atoms with van der Waals surface area (Å²) in [6, 6.07) is 10.0. The Labute approximate surface area is 169 Å². The fraction of sp³-hybridized carbons (Fsp3) is 0.619. The van der Waals surface area contributed by atoms with Crippen LogP contribution in [-0.4, -0.2) is 37.9 Å². The third-order valence-corrected chi connectivity index (χ3v) is 8.07. The molecule has 4 fully saturated rings. The number of hydrogen-bond donors (Lipinski definition) is 1. The lowest BCUT2D eigenvalue weighted by Crippen LogP contribution is -2.56. The van der Waals surface area contributed by atoms with E-state index in [0.717, 1.165) is 23.4 Å². The summed E-state index contributed by atoms with van der Waals surface area (Å²) >= 11 is 1.39. The monoisotopic (exact) mass is 397 g/mol. The Hall–Kier alpha value is -1.89. The maximum Gasteiger partial charge on any atom is 0.230 e. The molecule has 1 aromatic carbocycles. The summed E-state index contributed by atoms with van der Waals surface area (Å²) in [7, 11) is 0. The lowest BCUT2D eigenvalue weighted by atomic mass is 9.48. The molecule has 0 unspecified atom stereocenters. The molecule has 4 saturated carbocycles. The van der Waals surface area contributed by atoms with Crippen LogP contribution in [0.5, 0.6) is 0 Å². The first kappa shape index (κ1) is 18.2. The van der Waals surface area contributed by atoms with E-state index in [1.807, 2.05) is 30.3 Å². The number of benzene rings is 1. The van der Waals surface area contributed by atoms with Crippen LogP contribution in [0.1, 0.15) is 45.4 Å². The Morgan fingerprint density at radius 3 is 2.46 bits per heavy atom. The van der Waals surface area contributed by atoms with E-state index in [2.05, 4.69) is 27.8 Å². The van der Waals surface area contributed by atoms with E-state index >= 15 is 0 Å². The number of tetrazole rings is 1. The van der Waals surface area contributed by atoms with Gasteiger partial charge in [0.25, 0.3) is 0 Å². The lowest BCUT2D eigenvalue weighted by Gasteiger charge is -2.59. The first-order valence-electron chi connectivity index (χ1n) is 10.4. The van der Waals surface area contributed by atoms with Crippen molar-refractivity contribution in [3.63, 3.8) is 0 Å². The minimum absolute atomic E-state index is 0.0795. The van der Waals surface area contributed by atoms with Crippen molar-refractivity contribution >= 4 is 17.7 Å². The lowest BCUT2D eigenvalue weighted by molar-refractivity contribution is -0.123. The first-order valence-corrected chi connectivity index (χ1v) is 11.4. The van der Waals surface area contributed by atoms with E-state index in [-0.39, 0.29) is 11.9 Å². The van der Waals surface area contributed by atoms with Gasteiger partial charge in [0.05, 0.1) is 11.4 Å². The van der Waals surface area contributed by atoms with Crippen molar-refractivity contribution in [2.45, 2.75) is 56.6 Å². The molecular formula is C21H27N5OS. The molecule has 28 heavy (non-hydrogen) atoms. The van der Waals surface area contributed by atoms with Crippen molar-refractivity contribution in [2.24, 2.45) is 23.2 Å². The second kappa shape index (κ2) is 7.17. The SMILES string of the molecule is C[C@H](NC(=O)CSc1nnnn1-c1ccccc1)C12CC3CC(CC(C3)C1)C2. The van der Waals surface area contributed by atoms with E-state index in [0.29, 0.717) is 16.3 Å². The molecule has 1 heterocycles. The van der Waals surface area contributed by atoms with Gasteiger partial charge in [-0.1, -0.05) is 30.0 Å². The Bertz CT molecular complexity index is 816. The topological polar surface area (TPSA) is 72.7 Å². The predicted octanol–water partition coefficient (Wildman–Crippen LogP) is 3.48. The number of carbonyl (C=O) groups excluding carboxylic acids is 1. The quantitative estimate of drug-likeness (QED) is 0.756. The van der Waals surface area contributed by atoms with Crippen LogP contribution in [0.15, 0.2) is 35.5 Å². The molecule has 4 aliphatic rings. The number of para-hydroxylation sites is 1. The zero-order chi connectivity index (χ0) is 19.1. The number of rotatable bonds is 6. The molecule has 148 valence electrons. The maximum atomic E-state index is 12.7. The normalized spacial score (nSPS) is 31.7. The predicted molar refractivity (Wildman–Crippen MR) is 108 cm³/mol. The summed E-state index contributed by atoms with van der Waals surface area (Å²) in [5.74, 6) is 3.11. The van der Waals surface area contributed by atoms with E-state index in [4.69, 9.17) is 0 Å². The number of thioether (sulfide) groups is 1. The molecule has 4 aliphatic carbocycles. The zero-order valence-corrected chi connectivity index (χ0v) is 17.1.